The van der Waals surface area contributed by atoms with E-state index in [9.17, 15) is 4.79 Å². The molecule has 0 fully saturated rings. The van der Waals surface area contributed by atoms with Crippen LogP contribution < -0.4 is 0 Å². The van der Waals surface area contributed by atoms with Crippen LogP contribution in [0.4, 0.5) is 0 Å². The molecule has 1 aromatic heterocycles. The standard InChI is InChI=1S/C11H5BrCl2OS/c12-8-5-6(13)1-2-7(8)11(15)9-3-4-10(14)16-9/h1-5H. The Hall–Kier alpha value is -0.350. The fourth-order valence-corrected chi connectivity index (χ4v) is 3.10. The number of ketones is 1. The Morgan fingerprint density at radius 1 is 1.19 bits per heavy atom. The molecule has 0 aliphatic carbocycles. The molecule has 0 aliphatic heterocycles. The van der Waals surface area contributed by atoms with Crippen molar-refractivity contribution in [3.8, 4) is 0 Å². The molecule has 82 valence electrons. The summed E-state index contributed by atoms with van der Waals surface area (Å²) in [6.07, 6.45) is 0. The molecule has 0 N–H and O–H groups in total. The number of benzene rings is 1. The number of thiophene rings is 1. The van der Waals surface area contributed by atoms with Crippen molar-refractivity contribution in [3.63, 3.8) is 0 Å². The fourth-order valence-electron chi connectivity index (χ4n) is 1.24. The minimum Gasteiger partial charge on any atom is -0.288 e. The van der Waals surface area contributed by atoms with Gasteiger partial charge in [0.1, 0.15) is 0 Å². The number of hydrogen-bond acceptors (Lipinski definition) is 2. The second-order valence-corrected chi connectivity index (χ2v) is 6.06. The fraction of sp³-hybridized carbons (Fsp3) is 0. The molecule has 0 unspecified atom stereocenters. The van der Waals surface area contributed by atoms with Gasteiger partial charge in [-0.25, -0.2) is 0 Å². The van der Waals surface area contributed by atoms with Crippen LogP contribution in [0.25, 0.3) is 0 Å². The van der Waals surface area contributed by atoms with E-state index in [1.165, 1.54) is 11.3 Å². The highest BCUT2D eigenvalue weighted by atomic mass is 79.9. The van der Waals surface area contributed by atoms with Crippen molar-refractivity contribution < 1.29 is 4.79 Å². The quantitative estimate of drug-likeness (QED) is 0.702. The smallest absolute Gasteiger partial charge is 0.204 e. The third-order valence-corrected chi connectivity index (χ3v) is 4.09. The van der Waals surface area contributed by atoms with Crippen molar-refractivity contribution in [2.75, 3.05) is 0 Å². The summed E-state index contributed by atoms with van der Waals surface area (Å²) in [7, 11) is 0. The zero-order valence-electron chi connectivity index (χ0n) is 7.84. The average molecular weight is 336 g/mol. The van der Waals surface area contributed by atoms with Gasteiger partial charge in [0.2, 0.25) is 5.78 Å². The van der Waals surface area contributed by atoms with Crippen LogP contribution in [0, 0.1) is 0 Å². The molecule has 0 bridgehead atoms. The average Bonchev–Trinajstić information content (AvgIpc) is 2.64. The Balaban J connectivity index is 2.41. The molecule has 0 atom stereocenters. The Labute approximate surface area is 115 Å². The van der Waals surface area contributed by atoms with Crippen molar-refractivity contribution in [3.05, 3.63) is 54.6 Å². The molecule has 0 amide bonds. The van der Waals surface area contributed by atoms with Crippen LogP contribution in [0.1, 0.15) is 15.2 Å². The molecule has 1 heterocycles. The van der Waals surface area contributed by atoms with Crippen molar-refractivity contribution in [2.45, 2.75) is 0 Å². The van der Waals surface area contributed by atoms with E-state index < -0.39 is 0 Å². The number of rotatable bonds is 2. The van der Waals surface area contributed by atoms with Crippen molar-refractivity contribution >= 4 is 56.3 Å². The molecule has 16 heavy (non-hydrogen) atoms. The van der Waals surface area contributed by atoms with Crippen LogP contribution in [0.3, 0.4) is 0 Å². The second kappa shape index (κ2) is 4.88. The highest BCUT2D eigenvalue weighted by molar-refractivity contribution is 9.10. The first kappa shape index (κ1) is 12.1. The van der Waals surface area contributed by atoms with Crippen LogP contribution >= 0.6 is 50.5 Å². The largest absolute Gasteiger partial charge is 0.288 e. The molecule has 5 heteroatoms. The highest BCUT2D eigenvalue weighted by Gasteiger charge is 2.14. The highest BCUT2D eigenvalue weighted by Crippen LogP contribution is 2.28. The molecule has 2 aromatic rings. The number of hydrogen-bond donors (Lipinski definition) is 0. The summed E-state index contributed by atoms with van der Waals surface area (Å²) in [5.74, 6) is -0.0551. The van der Waals surface area contributed by atoms with Gasteiger partial charge in [0, 0.05) is 15.1 Å². The molecular formula is C11H5BrCl2OS. The predicted octanol–water partition coefficient (Wildman–Crippen LogP) is 5.05. The lowest BCUT2D eigenvalue weighted by Crippen LogP contribution is -1.99. The van der Waals surface area contributed by atoms with Gasteiger partial charge in [0.05, 0.1) is 9.21 Å². The third-order valence-electron chi connectivity index (χ3n) is 1.97. The maximum Gasteiger partial charge on any atom is 0.204 e. The summed E-state index contributed by atoms with van der Waals surface area (Å²) in [6.45, 7) is 0. The van der Waals surface area contributed by atoms with E-state index in [2.05, 4.69) is 15.9 Å². The van der Waals surface area contributed by atoms with Crippen LogP contribution in [-0.4, -0.2) is 5.78 Å². The monoisotopic (exact) mass is 334 g/mol. The third kappa shape index (κ3) is 2.48. The lowest BCUT2D eigenvalue weighted by molar-refractivity contribution is 0.104. The molecule has 0 spiro atoms. The molecule has 1 nitrogen and oxygen atoms in total. The molecule has 0 radical (unpaired) electrons. The van der Waals surface area contributed by atoms with Gasteiger partial charge in [0.25, 0.3) is 0 Å². The summed E-state index contributed by atoms with van der Waals surface area (Å²) in [5, 5.41) is 0.590. The first-order valence-electron chi connectivity index (χ1n) is 4.33. The number of halogens is 3. The van der Waals surface area contributed by atoms with Gasteiger partial charge in [-0.15, -0.1) is 11.3 Å². The Bertz CT molecular complexity index is 551. The van der Waals surface area contributed by atoms with E-state index >= 15 is 0 Å². The minimum atomic E-state index is -0.0551. The lowest BCUT2D eigenvalue weighted by Gasteiger charge is -2.01. The van der Waals surface area contributed by atoms with Gasteiger partial charge in [-0.2, -0.15) is 0 Å². The maximum atomic E-state index is 12.1. The van der Waals surface area contributed by atoms with Gasteiger partial charge < -0.3 is 0 Å². The van der Waals surface area contributed by atoms with Gasteiger partial charge in [-0.1, -0.05) is 23.2 Å². The number of carbonyl (C=O) groups excluding carboxylic acids is 1. The first-order valence-corrected chi connectivity index (χ1v) is 6.69. The lowest BCUT2D eigenvalue weighted by atomic mass is 10.1. The predicted molar refractivity (Wildman–Crippen MR) is 71.9 cm³/mol. The molecule has 0 saturated carbocycles. The Kier molecular flexibility index (Phi) is 3.70. The van der Waals surface area contributed by atoms with Gasteiger partial charge in [-0.3, -0.25) is 4.79 Å². The van der Waals surface area contributed by atoms with Crippen LogP contribution in [0.5, 0.6) is 0 Å². The van der Waals surface area contributed by atoms with Crippen molar-refractivity contribution in [2.24, 2.45) is 0 Å². The molecule has 1 aromatic carbocycles. The molecule has 0 saturated heterocycles. The summed E-state index contributed by atoms with van der Waals surface area (Å²) < 4.78 is 1.29. The summed E-state index contributed by atoms with van der Waals surface area (Å²) in [5.41, 5.74) is 0.586. The van der Waals surface area contributed by atoms with Gasteiger partial charge in [0.15, 0.2) is 0 Å². The van der Waals surface area contributed by atoms with Crippen LogP contribution in [0.2, 0.25) is 9.36 Å². The summed E-state index contributed by atoms with van der Waals surface area (Å²) >= 11 is 16.2. The molecule has 2 rings (SSSR count). The normalized spacial score (nSPS) is 10.4. The number of carbonyl (C=O) groups is 1. The van der Waals surface area contributed by atoms with E-state index in [-0.39, 0.29) is 5.78 Å². The maximum absolute atomic E-state index is 12.1. The van der Waals surface area contributed by atoms with Crippen molar-refractivity contribution in [1.29, 1.82) is 0 Å². The van der Waals surface area contributed by atoms with E-state index in [0.717, 1.165) is 0 Å². The minimum absolute atomic E-state index is 0.0551. The van der Waals surface area contributed by atoms with E-state index in [4.69, 9.17) is 23.2 Å². The molecule has 0 aliphatic rings. The molecular weight excluding hydrogens is 331 g/mol. The summed E-state index contributed by atoms with van der Waals surface area (Å²) in [4.78, 5) is 12.7. The van der Waals surface area contributed by atoms with Crippen LogP contribution in [-0.2, 0) is 0 Å². The Morgan fingerprint density at radius 2 is 1.94 bits per heavy atom. The van der Waals surface area contributed by atoms with Gasteiger partial charge >= 0.3 is 0 Å². The van der Waals surface area contributed by atoms with Crippen LogP contribution in [0.15, 0.2) is 34.8 Å². The first-order chi connectivity index (χ1) is 7.58. The van der Waals surface area contributed by atoms with E-state index in [1.807, 2.05) is 0 Å². The van der Waals surface area contributed by atoms with E-state index in [0.29, 0.717) is 24.3 Å². The zero-order chi connectivity index (χ0) is 11.7. The summed E-state index contributed by atoms with van der Waals surface area (Å²) in [6, 6.07) is 8.51. The van der Waals surface area contributed by atoms with Crippen molar-refractivity contribution in [1.82, 2.24) is 0 Å². The Morgan fingerprint density at radius 3 is 2.50 bits per heavy atom. The second-order valence-electron chi connectivity index (χ2n) is 3.06. The topological polar surface area (TPSA) is 17.1 Å². The van der Waals surface area contributed by atoms with E-state index in [1.54, 1.807) is 30.3 Å². The zero-order valence-corrected chi connectivity index (χ0v) is 11.8. The SMILES string of the molecule is O=C(c1ccc(Cl)s1)c1ccc(Cl)cc1Br. The van der Waals surface area contributed by atoms with Gasteiger partial charge in [-0.05, 0) is 46.3 Å².